The van der Waals surface area contributed by atoms with Crippen molar-refractivity contribution in [3.63, 3.8) is 0 Å². The Bertz CT molecular complexity index is 731. The highest BCUT2D eigenvalue weighted by Crippen LogP contribution is 2.26. The van der Waals surface area contributed by atoms with Crippen LogP contribution in [0.4, 0.5) is 0 Å². The normalized spacial score (nSPS) is 18.2. The summed E-state index contributed by atoms with van der Waals surface area (Å²) < 4.78 is 10.6. The summed E-state index contributed by atoms with van der Waals surface area (Å²) in [6.45, 7) is 1.41. The molecule has 3 aromatic heterocycles. The number of H-pyrrole nitrogens is 1. The fourth-order valence-corrected chi connectivity index (χ4v) is 2.33. The van der Waals surface area contributed by atoms with Crippen molar-refractivity contribution in [3.8, 4) is 23.0 Å². The molecule has 0 unspecified atom stereocenters. The zero-order valence-corrected chi connectivity index (χ0v) is 11.2. The van der Waals surface area contributed by atoms with Gasteiger partial charge in [-0.1, -0.05) is 11.2 Å². The minimum absolute atomic E-state index is 0.223. The molecule has 1 aliphatic heterocycles. The number of aromatic nitrogens is 5. The summed E-state index contributed by atoms with van der Waals surface area (Å²) in [5, 5.41) is 11.2. The van der Waals surface area contributed by atoms with Gasteiger partial charge in [0, 0.05) is 18.7 Å². The van der Waals surface area contributed by atoms with E-state index in [0.29, 0.717) is 24.0 Å². The number of aromatic amines is 1. The molecule has 0 amide bonds. The van der Waals surface area contributed by atoms with Gasteiger partial charge in [0.05, 0.1) is 12.3 Å². The molecule has 1 saturated heterocycles. The fraction of sp³-hybridized carbons (Fsp3) is 0.286. The van der Waals surface area contributed by atoms with Crippen molar-refractivity contribution in [2.24, 2.45) is 0 Å². The maximum Gasteiger partial charge on any atom is 0.275 e. The largest absolute Gasteiger partial charge is 0.381 e. The fourth-order valence-electron chi connectivity index (χ4n) is 2.33. The molecule has 4 rings (SSSR count). The molecule has 1 aliphatic rings. The van der Waals surface area contributed by atoms with Crippen molar-refractivity contribution < 1.29 is 9.26 Å². The Morgan fingerprint density at radius 3 is 3.05 bits per heavy atom. The molecule has 0 spiro atoms. The van der Waals surface area contributed by atoms with Crippen LogP contribution in [0, 0.1) is 0 Å². The molecule has 1 N–H and O–H groups in total. The summed E-state index contributed by atoms with van der Waals surface area (Å²) in [5.41, 5.74) is 2.23. The molecule has 106 valence electrons. The highest BCUT2D eigenvalue weighted by atomic mass is 16.5. The van der Waals surface area contributed by atoms with Crippen molar-refractivity contribution in [2.75, 3.05) is 13.2 Å². The van der Waals surface area contributed by atoms with Gasteiger partial charge in [0.2, 0.25) is 0 Å². The Labute approximate surface area is 120 Å². The van der Waals surface area contributed by atoms with E-state index in [1.807, 2.05) is 24.3 Å². The molecule has 0 radical (unpaired) electrons. The molecule has 1 fully saturated rings. The molecular weight excluding hydrogens is 270 g/mol. The van der Waals surface area contributed by atoms with E-state index in [-0.39, 0.29) is 5.92 Å². The van der Waals surface area contributed by atoms with Gasteiger partial charge in [0.1, 0.15) is 11.4 Å². The maximum absolute atomic E-state index is 5.34. The van der Waals surface area contributed by atoms with Gasteiger partial charge >= 0.3 is 0 Å². The van der Waals surface area contributed by atoms with Crippen LogP contribution < -0.4 is 0 Å². The third kappa shape index (κ3) is 2.31. The van der Waals surface area contributed by atoms with Crippen molar-refractivity contribution >= 4 is 0 Å². The van der Waals surface area contributed by atoms with E-state index in [0.717, 1.165) is 24.4 Å². The molecule has 0 aromatic carbocycles. The Morgan fingerprint density at radius 2 is 2.24 bits per heavy atom. The summed E-state index contributed by atoms with van der Waals surface area (Å²) in [4.78, 5) is 8.68. The van der Waals surface area contributed by atoms with Gasteiger partial charge in [0.25, 0.3) is 5.89 Å². The van der Waals surface area contributed by atoms with Gasteiger partial charge in [-0.3, -0.25) is 10.1 Å². The predicted octanol–water partition coefficient (Wildman–Crippen LogP) is 2.03. The summed E-state index contributed by atoms with van der Waals surface area (Å²) in [5.74, 6) is 1.35. The predicted molar refractivity (Wildman–Crippen MR) is 73.3 cm³/mol. The highest BCUT2D eigenvalue weighted by Gasteiger charge is 2.24. The number of rotatable bonds is 3. The number of hydrogen-bond donors (Lipinski definition) is 1. The number of nitrogens with zero attached hydrogens (tertiary/aromatic N) is 4. The van der Waals surface area contributed by atoms with Gasteiger partial charge in [-0.05, 0) is 24.6 Å². The Morgan fingerprint density at radius 1 is 1.24 bits per heavy atom. The first-order valence-electron chi connectivity index (χ1n) is 6.79. The first-order chi connectivity index (χ1) is 10.4. The van der Waals surface area contributed by atoms with Gasteiger partial charge in [-0.2, -0.15) is 10.1 Å². The number of pyridine rings is 1. The molecule has 0 aliphatic carbocycles. The van der Waals surface area contributed by atoms with Gasteiger partial charge in [-0.15, -0.1) is 0 Å². The molecule has 1 atom stereocenters. The second-order valence-electron chi connectivity index (χ2n) is 4.90. The summed E-state index contributed by atoms with van der Waals surface area (Å²) in [6.07, 6.45) is 2.66. The number of ether oxygens (including phenoxy) is 1. The summed E-state index contributed by atoms with van der Waals surface area (Å²) >= 11 is 0. The van der Waals surface area contributed by atoms with E-state index in [1.165, 1.54) is 0 Å². The molecule has 7 nitrogen and oxygen atoms in total. The van der Waals surface area contributed by atoms with E-state index in [4.69, 9.17) is 9.26 Å². The first-order valence-corrected chi connectivity index (χ1v) is 6.79. The van der Waals surface area contributed by atoms with Gasteiger partial charge < -0.3 is 9.26 Å². The third-order valence-corrected chi connectivity index (χ3v) is 3.47. The van der Waals surface area contributed by atoms with Crippen LogP contribution in [0.5, 0.6) is 0 Å². The maximum atomic E-state index is 5.34. The lowest BCUT2D eigenvalue weighted by atomic mass is 10.1. The molecule has 0 saturated carbocycles. The van der Waals surface area contributed by atoms with E-state index in [9.17, 15) is 0 Å². The van der Waals surface area contributed by atoms with E-state index >= 15 is 0 Å². The van der Waals surface area contributed by atoms with Crippen LogP contribution >= 0.6 is 0 Å². The van der Waals surface area contributed by atoms with E-state index in [2.05, 4.69) is 25.3 Å². The first kappa shape index (κ1) is 12.2. The standard InChI is InChI=1S/C14H13N5O2/c1-2-5-15-10(3-1)11-7-12(18-17-11)14-16-13(19-21-14)9-4-6-20-8-9/h1-3,5,7,9H,4,6,8H2,(H,17,18)/t9-/m1/s1. The smallest absolute Gasteiger partial charge is 0.275 e. The van der Waals surface area contributed by atoms with Crippen LogP contribution in [0.1, 0.15) is 18.2 Å². The zero-order valence-electron chi connectivity index (χ0n) is 11.2. The number of hydrogen-bond acceptors (Lipinski definition) is 6. The zero-order chi connectivity index (χ0) is 14.1. The van der Waals surface area contributed by atoms with Crippen molar-refractivity contribution in [2.45, 2.75) is 12.3 Å². The number of nitrogens with one attached hydrogen (secondary N) is 1. The lowest BCUT2D eigenvalue weighted by Gasteiger charge is -1.97. The molecule has 3 aromatic rings. The monoisotopic (exact) mass is 283 g/mol. The topological polar surface area (TPSA) is 89.7 Å². The van der Waals surface area contributed by atoms with Crippen LogP contribution in [0.25, 0.3) is 23.0 Å². The molecule has 4 heterocycles. The lowest BCUT2D eigenvalue weighted by Crippen LogP contribution is -1.99. The lowest BCUT2D eigenvalue weighted by molar-refractivity contribution is 0.192. The van der Waals surface area contributed by atoms with Gasteiger partial charge in [-0.25, -0.2) is 0 Å². The molecule has 0 bridgehead atoms. The minimum Gasteiger partial charge on any atom is -0.381 e. The van der Waals surface area contributed by atoms with Crippen LogP contribution in [0.3, 0.4) is 0 Å². The highest BCUT2D eigenvalue weighted by molar-refractivity contribution is 5.60. The van der Waals surface area contributed by atoms with E-state index in [1.54, 1.807) is 6.20 Å². The third-order valence-electron chi connectivity index (χ3n) is 3.47. The van der Waals surface area contributed by atoms with Crippen molar-refractivity contribution in [1.29, 1.82) is 0 Å². The van der Waals surface area contributed by atoms with Crippen LogP contribution in [0.15, 0.2) is 35.0 Å². The SMILES string of the molecule is c1ccc(-c2cc(-c3nc([C@@H]4CCOC4)no3)[nH]n2)nc1. The second kappa shape index (κ2) is 5.10. The van der Waals surface area contributed by atoms with E-state index < -0.39 is 0 Å². The second-order valence-corrected chi connectivity index (χ2v) is 4.90. The van der Waals surface area contributed by atoms with Crippen LogP contribution in [-0.2, 0) is 4.74 Å². The van der Waals surface area contributed by atoms with Crippen LogP contribution in [-0.4, -0.2) is 38.5 Å². The quantitative estimate of drug-likeness (QED) is 0.791. The average molecular weight is 283 g/mol. The van der Waals surface area contributed by atoms with Gasteiger partial charge in [0.15, 0.2) is 5.82 Å². The van der Waals surface area contributed by atoms with Crippen molar-refractivity contribution in [1.82, 2.24) is 25.3 Å². The molecular formula is C14H13N5O2. The van der Waals surface area contributed by atoms with Crippen molar-refractivity contribution in [3.05, 3.63) is 36.3 Å². The summed E-state index contributed by atoms with van der Waals surface area (Å²) in [7, 11) is 0. The van der Waals surface area contributed by atoms with Crippen LogP contribution in [0.2, 0.25) is 0 Å². The Balaban J connectivity index is 1.61. The average Bonchev–Trinajstić information content (AvgIpc) is 3.27. The molecule has 21 heavy (non-hydrogen) atoms. The summed E-state index contributed by atoms with van der Waals surface area (Å²) in [6, 6.07) is 7.53. The Hall–Kier alpha value is -2.54. The molecule has 7 heteroatoms. The minimum atomic E-state index is 0.223. The Kier molecular flexibility index (Phi) is 2.97.